The van der Waals surface area contributed by atoms with Crippen LogP contribution in [0.3, 0.4) is 0 Å². The molecular weight excluding hydrogens is 344 g/mol. The summed E-state index contributed by atoms with van der Waals surface area (Å²) in [7, 11) is 1.77. The summed E-state index contributed by atoms with van der Waals surface area (Å²) in [6.07, 6.45) is 4.91. The van der Waals surface area contributed by atoms with Gasteiger partial charge >= 0.3 is 11.8 Å². The van der Waals surface area contributed by atoms with Crippen LogP contribution in [0.2, 0.25) is 0 Å². The van der Waals surface area contributed by atoms with Crippen LogP contribution < -0.4 is 16.4 Å². The molecule has 2 heterocycles. The first-order valence-corrected chi connectivity index (χ1v) is 8.37. The van der Waals surface area contributed by atoms with Gasteiger partial charge in [-0.1, -0.05) is 18.2 Å². The normalized spacial score (nSPS) is 11.6. The number of pyridine rings is 1. The second-order valence-electron chi connectivity index (χ2n) is 5.93. The molecule has 3 aromatic rings. The van der Waals surface area contributed by atoms with Gasteiger partial charge in [-0.15, -0.1) is 0 Å². The van der Waals surface area contributed by atoms with Crippen molar-refractivity contribution < 1.29 is 9.59 Å². The molecule has 0 bridgehead atoms. The Hall–Kier alpha value is -3.52. The highest BCUT2D eigenvalue weighted by Crippen LogP contribution is 2.20. The Morgan fingerprint density at radius 1 is 1.11 bits per heavy atom. The molecule has 8 nitrogen and oxygen atoms in total. The van der Waals surface area contributed by atoms with Crippen LogP contribution in [0, 0.1) is 0 Å². The molecule has 1 unspecified atom stereocenters. The molecule has 0 saturated carbocycles. The molecule has 0 aliphatic rings. The quantitative estimate of drug-likeness (QED) is 0.587. The Morgan fingerprint density at radius 3 is 2.48 bits per heavy atom. The predicted molar refractivity (Wildman–Crippen MR) is 100 cm³/mol. The van der Waals surface area contributed by atoms with E-state index in [1.807, 2.05) is 6.07 Å². The van der Waals surface area contributed by atoms with Crippen LogP contribution in [0.15, 0.2) is 61.1 Å². The van der Waals surface area contributed by atoms with Gasteiger partial charge < -0.3 is 16.4 Å². The molecule has 2 aromatic heterocycles. The number of hydrogen-bond donors (Lipinski definition) is 3. The van der Waals surface area contributed by atoms with Gasteiger partial charge in [0.15, 0.2) is 0 Å². The highest BCUT2D eigenvalue weighted by atomic mass is 16.2. The molecule has 27 heavy (non-hydrogen) atoms. The molecule has 0 spiro atoms. The summed E-state index contributed by atoms with van der Waals surface area (Å²) < 4.78 is 1.64. The maximum atomic E-state index is 12.5. The van der Waals surface area contributed by atoms with Crippen molar-refractivity contribution in [1.29, 1.82) is 0 Å². The van der Waals surface area contributed by atoms with Crippen LogP contribution in [0.25, 0.3) is 0 Å². The van der Waals surface area contributed by atoms with Crippen molar-refractivity contribution in [2.75, 3.05) is 5.32 Å². The number of hydrogen-bond acceptors (Lipinski definition) is 5. The van der Waals surface area contributed by atoms with Crippen LogP contribution in [-0.4, -0.2) is 26.6 Å². The van der Waals surface area contributed by atoms with Crippen LogP contribution >= 0.6 is 0 Å². The number of nitrogens with one attached hydrogen (secondary N) is 2. The third-order valence-corrected chi connectivity index (χ3v) is 4.10. The highest BCUT2D eigenvalue weighted by Gasteiger charge is 2.23. The second kappa shape index (κ2) is 8.24. The molecule has 1 aromatic carbocycles. The average molecular weight is 364 g/mol. The molecule has 3 rings (SSSR count). The zero-order chi connectivity index (χ0) is 19.2. The third-order valence-electron chi connectivity index (χ3n) is 4.10. The van der Waals surface area contributed by atoms with Crippen LogP contribution in [0.1, 0.15) is 22.9 Å². The van der Waals surface area contributed by atoms with Crippen molar-refractivity contribution in [1.82, 2.24) is 20.1 Å². The molecule has 4 N–H and O–H groups in total. The Bertz CT molecular complexity index is 921. The number of rotatable bonds is 5. The van der Waals surface area contributed by atoms with Crippen molar-refractivity contribution in [3.8, 4) is 0 Å². The van der Waals surface area contributed by atoms with E-state index in [9.17, 15) is 9.59 Å². The monoisotopic (exact) mass is 364 g/mol. The highest BCUT2D eigenvalue weighted by molar-refractivity contribution is 6.39. The molecule has 138 valence electrons. The first kappa shape index (κ1) is 18.3. The summed E-state index contributed by atoms with van der Waals surface area (Å²) in [5.74, 6) is -1.51. The maximum Gasteiger partial charge on any atom is 0.313 e. The molecule has 8 heteroatoms. The van der Waals surface area contributed by atoms with Gasteiger partial charge in [-0.2, -0.15) is 5.10 Å². The lowest BCUT2D eigenvalue weighted by atomic mass is 10.1. The lowest BCUT2D eigenvalue weighted by Gasteiger charge is -2.19. The largest absolute Gasteiger partial charge is 0.335 e. The molecule has 0 aliphatic carbocycles. The van der Waals surface area contributed by atoms with E-state index in [-0.39, 0.29) is 0 Å². The van der Waals surface area contributed by atoms with E-state index in [0.29, 0.717) is 12.2 Å². The summed E-state index contributed by atoms with van der Waals surface area (Å²) in [4.78, 5) is 28.9. The first-order chi connectivity index (χ1) is 13.1. The minimum Gasteiger partial charge on any atom is -0.335 e. The second-order valence-corrected chi connectivity index (χ2v) is 5.93. The maximum absolute atomic E-state index is 12.5. The number of nitrogens with zero attached hydrogens (tertiary/aromatic N) is 3. The number of anilines is 1. The van der Waals surface area contributed by atoms with E-state index in [4.69, 9.17) is 5.73 Å². The fourth-order valence-corrected chi connectivity index (χ4v) is 2.65. The molecule has 0 radical (unpaired) electrons. The van der Waals surface area contributed by atoms with E-state index in [1.165, 1.54) is 0 Å². The lowest BCUT2D eigenvalue weighted by molar-refractivity contribution is -0.136. The van der Waals surface area contributed by atoms with Crippen molar-refractivity contribution in [2.24, 2.45) is 12.8 Å². The fraction of sp³-hybridized carbons (Fsp3) is 0.158. The SMILES string of the molecule is Cn1nccc1C(NC(=O)C(=O)Nc1ccc(CN)cc1)c1cccnc1. The Morgan fingerprint density at radius 2 is 1.89 bits per heavy atom. The van der Waals surface area contributed by atoms with Crippen molar-refractivity contribution >= 4 is 17.5 Å². The van der Waals surface area contributed by atoms with Crippen molar-refractivity contribution in [3.05, 3.63) is 77.9 Å². The zero-order valence-corrected chi connectivity index (χ0v) is 14.8. The average Bonchev–Trinajstić information content (AvgIpc) is 3.12. The van der Waals surface area contributed by atoms with Crippen LogP contribution in [-0.2, 0) is 23.2 Å². The fourth-order valence-electron chi connectivity index (χ4n) is 2.65. The molecular formula is C19H20N6O2. The summed E-state index contributed by atoms with van der Waals surface area (Å²) in [5, 5.41) is 9.46. The van der Waals surface area contributed by atoms with Gasteiger partial charge in [0.1, 0.15) is 0 Å². The molecule has 0 saturated heterocycles. The topological polar surface area (TPSA) is 115 Å². The van der Waals surface area contributed by atoms with Crippen molar-refractivity contribution in [2.45, 2.75) is 12.6 Å². The van der Waals surface area contributed by atoms with E-state index >= 15 is 0 Å². The van der Waals surface area contributed by atoms with Gasteiger partial charge in [0.25, 0.3) is 0 Å². The van der Waals surface area contributed by atoms with Gasteiger partial charge in [0.2, 0.25) is 0 Å². The van der Waals surface area contributed by atoms with E-state index < -0.39 is 17.9 Å². The summed E-state index contributed by atoms with van der Waals surface area (Å²) in [6, 6.07) is 11.8. The van der Waals surface area contributed by atoms with E-state index in [1.54, 1.807) is 66.7 Å². The number of aromatic nitrogens is 3. The predicted octanol–water partition coefficient (Wildman–Crippen LogP) is 1.12. The van der Waals surface area contributed by atoms with Gasteiger partial charge in [0.05, 0.1) is 11.7 Å². The van der Waals surface area contributed by atoms with Crippen LogP contribution in [0.4, 0.5) is 5.69 Å². The summed E-state index contributed by atoms with van der Waals surface area (Å²) in [5.41, 5.74) is 8.49. The number of carbonyl (C=O) groups excluding carboxylic acids is 2. The Balaban J connectivity index is 1.75. The number of aryl methyl sites for hydroxylation is 1. The van der Waals surface area contributed by atoms with E-state index in [0.717, 1.165) is 16.8 Å². The third kappa shape index (κ3) is 4.36. The summed E-state index contributed by atoms with van der Waals surface area (Å²) in [6.45, 7) is 0.409. The number of amides is 2. The summed E-state index contributed by atoms with van der Waals surface area (Å²) >= 11 is 0. The smallest absolute Gasteiger partial charge is 0.313 e. The van der Waals surface area contributed by atoms with Crippen molar-refractivity contribution in [3.63, 3.8) is 0 Å². The Labute approximate surface area is 156 Å². The van der Waals surface area contributed by atoms with Gasteiger partial charge in [-0.3, -0.25) is 19.3 Å². The lowest BCUT2D eigenvalue weighted by Crippen LogP contribution is -2.38. The minimum absolute atomic E-state index is 0.409. The number of benzene rings is 1. The van der Waals surface area contributed by atoms with Gasteiger partial charge in [0, 0.05) is 37.9 Å². The van der Waals surface area contributed by atoms with E-state index in [2.05, 4.69) is 20.7 Å². The molecule has 1 atom stereocenters. The number of carbonyl (C=O) groups is 2. The molecule has 2 amide bonds. The number of nitrogens with two attached hydrogens (primary N) is 1. The molecule has 0 fully saturated rings. The zero-order valence-electron chi connectivity index (χ0n) is 14.8. The first-order valence-electron chi connectivity index (χ1n) is 8.37. The van der Waals surface area contributed by atoms with Crippen LogP contribution in [0.5, 0.6) is 0 Å². The van der Waals surface area contributed by atoms with Gasteiger partial charge in [-0.25, -0.2) is 0 Å². The molecule has 0 aliphatic heterocycles. The Kier molecular flexibility index (Phi) is 5.58. The van der Waals surface area contributed by atoms with Gasteiger partial charge in [-0.05, 0) is 35.4 Å². The standard InChI is InChI=1S/C19H20N6O2/c1-25-16(8-10-22-25)17(14-3-2-9-21-12-14)24-19(27)18(26)23-15-6-4-13(11-20)5-7-15/h2-10,12,17H,11,20H2,1H3,(H,23,26)(H,24,27). The minimum atomic E-state index is -0.758.